The molecule has 0 aliphatic carbocycles. The number of piperazine rings is 1. The van der Waals surface area contributed by atoms with Gasteiger partial charge in [-0.2, -0.15) is 5.10 Å². The summed E-state index contributed by atoms with van der Waals surface area (Å²) < 4.78 is 0. The van der Waals surface area contributed by atoms with Gasteiger partial charge in [-0.1, -0.05) is 12.1 Å². The summed E-state index contributed by atoms with van der Waals surface area (Å²) in [5, 5.41) is 16.2. The fourth-order valence-corrected chi connectivity index (χ4v) is 2.76. The Kier molecular flexibility index (Phi) is 4.11. The molecule has 22 heavy (non-hydrogen) atoms. The second-order valence-corrected chi connectivity index (χ2v) is 5.65. The molecule has 0 radical (unpaired) electrons. The summed E-state index contributed by atoms with van der Waals surface area (Å²) in [5.41, 5.74) is 2.55. The quantitative estimate of drug-likeness (QED) is 0.898. The number of amides is 1. The number of aromatic amines is 1. The van der Waals surface area contributed by atoms with Crippen molar-refractivity contribution in [2.45, 2.75) is 13.5 Å². The first-order chi connectivity index (χ1) is 10.6. The predicted octanol–water partition coefficient (Wildman–Crippen LogP) is 1.38. The number of carbonyl (C=O) groups excluding carboxylic acids is 1. The second-order valence-electron chi connectivity index (χ2n) is 5.65. The molecular formula is C16H20N4O2. The maximum atomic E-state index is 12.4. The van der Waals surface area contributed by atoms with E-state index in [-0.39, 0.29) is 5.91 Å². The van der Waals surface area contributed by atoms with Gasteiger partial charge in [0.15, 0.2) is 0 Å². The lowest BCUT2D eigenvalue weighted by Crippen LogP contribution is -2.48. The van der Waals surface area contributed by atoms with Crippen LogP contribution >= 0.6 is 0 Å². The van der Waals surface area contributed by atoms with E-state index < -0.39 is 0 Å². The van der Waals surface area contributed by atoms with E-state index in [1.165, 1.54) is 0 Å². The molecule has 0 unspecified atom stereocenters. The van der Waals surface area contributed by atoms with Crippen LogP contribution in [-0.2, 0) is 6.54 Å². The zero-order chi connectivity index (χ0) is 15.5. The number of phenols is 1. The van der Waals surface area contributed by atoms with Gasteiger partial charge in [-0.05, 0) is 24.6 Å². The van der Waals surface area contributed by atoms with Crippen molar-refractivity contribution in [3.8, 4) is 5.75 Å². The smallest absolute Gasteiger partial charge is 0.257 e. The Bertz CT molecular complexity index is 660. The largest absolute Gasteiger partial charge is 0.508 e. The van der Waals surface area contributed by atoms with E-state index in [4.69, 9.17) is 0 Å². The van der Waals surface area contributed by atoms with E-state index in [0.29, 0.717) is 24.4 Å². The fourth-order valence-electron chi connectivity index (χ4n) is 2.76. The Labute approximate surface area is 129 Å². The van der Waals surface area contributed by atoms with Gasteiger partial charge in [-0.3, -0.25) is 14.8 Å². The number of aromatic hydroxyl groups is 1. The number of nitrogens with zero attached hydrogens (tertiary/aromatic N) is 3. The van der Waals surface area contributed by atoms with E-state index >= 15 is 0 Å². The molecule has 3 rings (SSSR count). The highest BCUT2D eigenvalue weighted by molar-refractivity contribution is 5.95. The van der Waals surface area contributed by atoms with Gasteiger partial charge in [-0.15, -0.1) is 0 Å². The van der Waals surface area contributed by atoms with Crippen LogP contribution in [0.15, 0.2) is 30.5 Å². The number of aromatic nitrogens is 2. The summed E-state index contributed by atoms with van der Waals surface area (Å²) in [5.74, 6) is 0.338. The molecule has 6 nitrogen and oxygen atoms in total. The van der Waals surface area contributed by atoms with Gasteiger partial charge >= 0.3 is 0 Å². The first-order valence-electron chi connectivity index (χ1n) is 7.43. The van der Waals surface area contributed by atoms with E-state index in [1.807, 2.05) is 24.0 Å². The van der Waals surface area contributed by atoms with Crippen molar-refractivity contribution in [1.29, 1.82) is 0 Å². The number of phenolic OH excluding ortho intramolecular Hbond substituents is 1. The minimum absolute atomic E-state index is 0.0447. The monoisotopic (exact) mass is 300 g/mol. The van der Waals surface area contributed by atoms with Crippen molar-refractivity contribution in [2.24, 2.45) is 0 Å². The van der Waals surface area contributed by atoms with Gasteiger partial charge in [0.05, 0.1) is 11.8 Å². The molecule has 2 heterocycles. The molecule has 1 fully saturated rings. The maximum Gasteiger partial charge on any atom is 0.257 e. The van der Waals surface area contributed by atoms with Gasteiger partial charge in [0.25, 0.3) is 5.91 Å². The molecule has 6 heteroatoms. The molecule has 1 amide bonds. The zero-order valence-corrected chi connectivity index (χ0v) is 12.6. The lowest BCUT2D eigenvalue weighted by Gasteiger charge is -2.34. The summed E-state index contributed by atoms with van der Waals surface area (Å²) in [6.45, 7) is 5.74. The Morgan fingerprint density at radius 2 is 2.09 bits per heavy atom. The van der Waals surface area contributed by atoms with Crippen molar-refractivity contribution in [3.63, 3.8) is 0 Å². The van der Waals surface area contributed by atoms with Gasteiger partial charge in [0, 0.05) is 38.4 Å². The van der Waals surface area contributed by atoms with Crippen LogP contribution in [-0.4, -0.2) is 57.2 Å². The van der Waals surface area contributed by atoms with Gasteiger partial charge in [-0.25, -0.2) is 0 Å². The minimum Gasteiger partial charge on any atom is -0.508 e. The number of H-pyrrole nitrogens is 1. The molecule has 1 aliphatic rings. The molecule has 0 atom stereocenters. The average Bonchev–Trinajstić information content (AvgIpc) is 2.93. The van der Waals surface area contributed by atoms with E-state index in [0.717, 1.165) is 30.9 Å². The molecule has 2 N–H and O–H groups in total. The number of hydrogen-bond acceptors (Lipinski definition) is 4. The normalized spacial score (nSPS) is 16.0. The zero-order valence-electron chi connectivity index (χ0n) is 12.6. The molecule has 0 bridgehead atoms. The van der Waals surface area contributed by atoms with Gasteiger partial charge in [0.1, 0.15) is 5.75 Å². The lowest BCUT2D eigenvalue weighted by atomic mass is 10.1. The highest BCUT2D eigenvalue weighted by Crippen LogP contribution is 2.15. The number of nitrogens with one attached hydrogen (secondary N) is 1. The molecule has 1 aromatic heterocycles. The summed E-state index contributed by atoms with van der Waals surface area (Å²) >= 11 is 0. The average molecular weight is 300 g/mol. The Morgan fingerprint density at radius 3 is 2.73 bits per heavy atom. The summed E-state index contributed by atoms with van der Waals surface area (Å²) in [6.07, 6.45) is 1.59. The van der Waals surface area contributed by atoms with Gasteiger partial charge < -0.3 is 10.0 Å². The van der Waals surface area contributed by atoms with Crippen molar-refractivity contribution < 1.29 is 9.90 Å². The van der Waals surface area contributed by atoms with Crippen molar-refractivity contribution in [3.05, 3.63) is 47.3 Å². The first-order valence-corrected chi connectivity index (χ1v) is 7.43. The maximum absolute atomic E-state index is 12.4. The van der Waals surface area contributed by atoms with Crippen LogP contribution in [0.3, 0.4) is 0 Å². The lowest BCUT2D eigenvalue weighted by molar-refractivity contribution is 0.0628. The Hall–Kier alpha value is -2.34. The van der Waals surface area contributed by atoms with Crippen LogP contribution in [0.2, 0.25) is 0 Å². The summed E-state index contributed by atoms with van der Waals surface area (Å²) in [4.78, 5) is 16.6. The summed E-state index contributed by atoms with van der Waals surface area (Å²) in [6, 6.07) is 7.32. The second kappa shape index (κ2) is 6.19. The third-order valence-corrected chi connectivity index (χ3v) is 4.04. The van der Waals surface area contributed by atoms with Crippen LogP contribution in [0, 0.1) is 6.92 Å². The molecule has 1 aromatic carbocycles. The Balaban J connectivity index is 1.56. The number of aryl methyl sites for hydroxylation is 1. The molecular weight excluding hydrogens is 280 g/mol. The molecule has 1 aliphatic heterocycles. The van der Waals surface area contributed by atoms with Crippen molar-refractivity contribution in [2.75, 3.05) is 26.2 Å². The van der Waals surface area contributed by atoms with E-state index in [2.05, 4.69) is 15.1 Å². The number of benzene rings is 1. The third kappa shape index (κ3) is 3.12. The Morgan fingerprint density at radius 1 is 1.32 bits per heavy atom. The topological polar surface area (TPSA) is 72.5 Å². The van der Waals surface area contributed by atoms with Crippen molar-refractivity contribution >= 4 is 5.91 Å². The number of hydrogen-bond donors (Lipinski definition) is 2. The third-order valence-electron chi connectivity index (χ3n) is 4.04. The van der Waals surface area contributed by atoms with Crippen LogP contribution in [0.1, 0.15) is 21.6 Å². The van der Waals surface area contributed by atoms with Crippen molar-refractivity contribution in [1.82, 2.24) is 20.0 Å². The molecule has 0 spiro atoms. The van der Waals surface area contributed by atoms with Crippen LogP contribution in [0.5, 0.6) is 5.75 Å². The fraction of sp³-hybridized carbons (Fsp3) is 0.375. The standard InChI is InChI=1S/C16H20N4O2/c1-12-15(10-17-18-12)16(22)20-7-5-19(6-8-20)11-13-3-2-4-14(21)9-13/h2-4,9-10,21H,5-8,11H2,1H3,(H,17,18). The van der Waals surface area contributed by atoms with Gasteiger partial charge in [0.2, 0.25) is 0 Å². The highest BCUT2D eigenvalue weighted by Gasteiger charge is 2.23. The predicted molar refractivity (Wildman–Crippen MR) is 82.6 cm³/mol. The van der Waals surface area contributed by atoms with E-state index in [1.54, 1.807) is 18.3 Å². The summed E-state index contributed by atoms with van der Waals surface area (Å²) in [7, 11) is 0. The number of rotatable bonds is 3. The minimum atomic E-state index is 0.0447. The van der Waals surface area contributed by atoms with Crippen LogP contribution in [0.25, 0.3) is 0 Å². The van der Waals surface area contributed by atoms with E-state index in [9.17, 15) is 9.90 Å². The SMILES string of the molecule is Cc1[nH]ncc1C(=O)N1CCN(Cc2cccc(O)c2)CC1. The first kappa shape index (κ1) is 14.6. The number of carbonyl (C=O) groups is 1. The van der Waals surface area contributed by atoms with Crippen LogP contribution in [0.4, 0.5) is 0 Å². The molecule has 2 aromatic rings. The van der Waals surface area contributed by atoms with Crippen LogP contribution < -0.4 is 0 Å². The molecule has 116 valence electrons. The highest BCUT2D eigenvalue weighted by atomic mass is 16.3. The molecule has 1 saturated heterocycles. The molecule has 0 saturated carbocycles.